The molecule has 1 aromatic heterocycles. The number of benzene rings is 1. The predicted octanol–water partition coefficient (Wildman–Crippen LogP) is 3.31. The fourth-order valence-corrected chi connectivity index (χ4v) is 4.00. The summed E-state index contributed by atoms with van der Waals surface area (Å²) >= 11 is 5.05. The summed E-state index contributed by atoms with van der Waals surface area (Å²) in [4.78, 5) is 28.6. The number of hydrogen-bond donors (Lipinski definition) is 1. The van der Waals surface area contributed by atoms with Crippen molar-refractivity contribution in [3.05, 3.63) is 50.6 Å². The Bertz CT molecular complexity index is 729. The van der Waals surface area contributed by atoms with Crippen molar-refractivity contribution in [2.75, 3.05) is 25.0 Å². The molecular weight excluding hydrogens is 378 g/mol. The Morgan fingerprint density at radius 3 is 2.61 bits per heavy atom. The van der Waals surface area contributed by atoms with Crippen LogP contribution >= 0.6 is 27.3 Å². The van der Waals surface area contributed by atoms with Gasteiger partial charge in [0.1, 0.15) is 0 Å². The molecule has 0 unspecified atom stereocenters. The quantitative estimate of drug-likeness (QED) is 0.865. The molecule has 7 heteroatoms. The Hall–Kier alpha value is -1.86. The fraction of sp³-hybridized carbons (Fsp3) is 0.250. The minimum Gasteiger partial charge on any atom is -0.337 e. The molecule has 0 radical (unpaired) electrons. The zero-order chi connectivity index (χ0) is 16.4. The van der Waals surface area contributed by atoms with E-state index in [4.69, 9.17) is 0 Å². The van der Waals surface area contributed by atoms with Crippen LogP contribution in [0.2, 0.25) is 0 Å². The van der Waals surface area contributed by atoms with E-state index >= 15 is 0 Å². The third kappa shape index (κ3) is 3.56. The molecule has 1 aliphatic rings. The number of carbonyl (C=O) groups excluding carboxylic acids is 2. The van der Waals surface area contributed by atoms with Gasteiger partial charge in [0, 0.05) is 36.3 Å². The highest BCUT2D eigenvalue weighted by molar-refractivity contribution is 9.11. The number of urea groups is 1. The molecule has 3 rings (SSSR count). The van der Waals surface area contributed by atoms with Crippen LogP contribution in [0.1, 0.15) is 15.2 Å². The largest absolute Gasteiger partial charge is 0.337 e. The average molecular weight is 394 g/mol. The van der Waals surface area contributed by atoms with Crippen LogP contribution in [0, 0.1) is 0 Å². The van der Waals surface area contributed by atoms with E-state index in [1.54, 1.807) is 40.3 Å². The maximum atomic E-state index is 12.5. The fourth-order valence-electron chi connectivity index (χ4n) is 2.46. The molecule has 1 aromatic carbocycles. The molecule has 5 nitrogen and oxygen atoms in total. The van der Waals surface area contributed by atoms with Gasteiger partial charge in [-0.25, -0.2) is 4.79 Å². The highest BCUT2D eigenvalue weighted by Crippen LogP contribution is 2.24. The summed E-state index contributed by atoms with van der Waals surface area (Å²) in [6, 6.07) is 11.1. The first-order chi connectivity index (χ1) is 11.0. The third-order valence-corrected chi connectivity index (χ3v) is 5.26. The standard InChI is InChI=1S/C16H16BrN3O2S/c1-19(10-13-6-7-14(17)23-13)15(21)11-2-4-12(5-3-11)20-9-8-18-16(20)22/h2-7H,8-10H2,1H3,(H,18,22). The molecule has 1 aliphatic heterocycles. The summed E-state index contributed by atoms with van der Waals surface area (Å²) in [5.74, 6) is -0.0352. The van der Waals surface area contributed by atoms with Gasteiger partial charge in [-0.2, -0.15) is 0 Å². The van der Waals surface area contributed by atoms with Gasteiger partial charge >= 0.3 is 6.03 Å². The number of amides is 3. The number of nitrogens with one attached hydrogen (secondary N) is 1. The lowest BCUT2D eigenvalue weighted by Crippen LogP contribution is -2.28. The van der Waals surface area contributed by atoms with Gasteiger partial charge in [0.25, 0.3) is 5.91 Å². The molecule has 1 saturated heterocycles. The topological polar surface area (TPSA) is 52.7 Å². The van der Waals surface area contributed by atoms with E-state index in [1.807, 2.05) is 24.3 Å². The van der Waals surface area contributed by atoms with Crippen LogP contribution in [0.15, 0.2) is 40.2 Å². The molecule has 0 aliphatic carbocycles. The van der Waals surface area contributed by atoms with Gasteiger partial charge in [0.15, 0.2) is 0 Å². The van der Waals surface area contributed by atoms with Gasteiger partial charge in [-0.3, -0.25) is 9.69 Å². The van der Waals surface area contributed by atoms with Crippen molar-refractivity contribution in [1.29, 1.82) is 0 Å². The Morgan fingerprint density at radius 1 is 1.30 bits per heavy atom. The highest BCUT2D eigenvalue weighted by atomic mass is 79.9. The number of hydrogen-bond acceptors (Lipinski definition) is 3. The van der Waals surface area contributed by atoms with E-state index in [0.29, 0.717) is 25.2 Å². The van der Waals surface area contributed by atoms with Gasteiger partial charge in [-0.1, -0.05) is 0 Å². The van der Waals surface area contributed by atoms with Crippen molar-refractivity contribution >= 4 is 44.9 Å². The first-order valence-electron chi connectivity index (χ1n) is 7.20. The van der Waals surface area contributed by atoms with E-state index in [2.05, 4.69) is 21.2 Å². The molecule has 2 heterocycles. The summed E-state index contributed by atoms with van der Waals surface area (Å²) < 4.78 is 1.06. The molecule has 1 fully saturated rings. The lowest BCUT2D eigenvalue weighted by atomic mass is 10.1. The lowest BCUT2D eigenvalue weighted by molar-refractivity contribution is 0.0786. The Kier molecular flexibility index (Phi) is 4.68. The molecule has 0 spiro atoms. The monoisotopic (exact) mass is 393 g/mol. The van der Waals surface area contributed by atoms with Gasteiger partial charge in [0.2, 0.25) is 0 Å². The molecule has 1 N–H and O–H groups in total. The number of thiophene rings is 1. The molecule has 23 heavy (non-hydrogen) atoms. The molecule has 0 atom stereocenters. The normalized spacial score (nSPS) is 14.0. The summed E-state index contributed by atoms with van der Waals surface area (Å²) in [5.41, 5.74) is 1.42. The van der Waals surface area contributed by atoms with Crippen molar-refractivity contribution in [2.45, 2.75) is 6.54 Å². The minimum atomic E-state index is -0.0931. The van der Waals surface area contributed by atoms with Crippen LogP contribution in [-0.2, 0) is 6.54 Å². The van der Waals surface area contributed by atoms with Gasteiger partial charge in [-0.05, 0) is 52.3 Å². The zero-order valence-electron chi connectivity index (χ0n) is 12.6. The first kappa shape index (κ1) is 16.0. The van der Waals surface area contributed by atoms with Crippen LogP contribution in [-0.4, -0.2) is 37.0 Å². The number of anilines is 1. The van der Waals surface area contributed by atoms with E-state index in [0.717, 1.165) is 14.4 Å². The SMILES string of the molecule is CN(Cc1ccc(Br)s1)C(=O)c1ccc(N2CCNC2=O)cc1. The Morgan fingerprint density at radius 2 is 2.04 bits per heavy atom. The summed E-state index contributed by atoms with van der Waals surface area (Å²) in [6.07, 6.45) is 0. The summed E-state index contributed by atoms with van der Waals surface area (Å²) in [6.45, 7) is 1.88. The van der Waals surface area contributed by atoms with Crippen LogP contribution in [0.5, 0.6) is 0 Å². The van der Waals surface area contributed by atoms with E-state index in [1.165, 1.54) is 0 Å². The van der Waals surface area contributed by atoms with E-state index < -0.39 is 0 Å². The number of halogens is 1. The molecule has 2 aromatic rings. The van der Waals surface area contributed by atoms with E-state index in [9.17, 15) is 9.59 Å². The Balaban J connectivity index is 1.68. The number of carbonyl (C=O) groups is 2. The number of nitrogens with zero attached hydrogens (tertiary/aromatic N) is 2. The second-order valence-electron chi connectivity index (χ2n) is 5.30. The molecule has 0 bridgehead atoms. The van der Waals surface area contributed by atoms with Crippen LogP contribution in [0.3, 0.4) is 0 Å². The minimum absolute atomic E-state index is 0.0352. The van der Waals surface area contributed by atoms with Crippen LogP contribution in [0.4, 0.5) is 10.5 Å². The van der Waals surface area contributed by atoms with E-state index in [-0.39, 0.29) is 11.9 Å². The second kappa shape index (κ2) is 6.72. The summed E-state index contributed by atoms with van der Waals surface area (Å²) in [7, 11) is 1.79. The lowest BCUT2D eigenvalue weighted by Gasteiger charge is -2.18. The van der Waals surface area contributed by atoms with Crippen molar-refractivity contribution in [3.63, 3.8) is 0 Å². The summed E-state index contributed by atoms with van der Waals surface area (Å²) in [5, 5.41) is 2.76. The molecule has 120 valence electrons. The maximum absolute atomic E-state index is 12.5. The first-order valence-corrected chi connectivity index (χ1v) is 8.80. The highest BCUT2D eigenvalue weighted by Gasteiger charge is 2.21. The maximum Gasteiger partial charge on any atom is 0.321 e. The third-order valence-electron chi connectivity index (χ3n) is 3.65. The zero-order valence-corrected chi connectivity index (χ0v) is 15.0. The smallest absolute Gasteiger partial charge is 0.321 e. The van der Waals surface area contributed by atoms with Crippen LogP contribution in [0.25, 0.3) is 0 Å². The molecular formula is C16H16BrN3O2S. The van der Waals surface area contributed by atoms with Gasteiger partial charge < -0.3 is 10.2 Å². The van der Waals surface area contributed by atoms with Crippen molar-refractivity contribution in [3.8, 4) is 0 Å². The van der Waals surface area contributed by atoms with Crippen molar-refractivity contribution in [1.82, 2.24) is 10.2 Å². The van der Waals surface area contributed by atoms with Crippen molar-refractivity contribution in [2.24, 2.45) is 0 Å². The average Bonchev–Trinajstić information content (AvgIpc) is 3.15. The number of rotatable bonds is 4. The van der Waals surface area contributed by atoms with Gasteiger partial charge in [-0.15, -0.1) is 11.3 Å². The Labute approximate surface area is 147 Å². The predicted molar refractivity (Wildman–Crippen MR) is 95.0 cm³/mol. The van der Waals surface area contributed by atoms with Crippen molar-refractivity contribution < 1.29 is 9.59 Å². The van der Waals surface area contributed by atoms with Crippen LogP contribution < -0.4 is 10.2 Å². The second-order valence-corrected chi connectivity index (χ2v) is 7.85. The van der Waals surface area contributed by atoms with Gasteiger partial charge in [0.05, 0.1) is 10.3 Å². The molecule has 3 amide bonds. The molecule has 0 saturated carbocycles.